The van der Waals surface area contributed by atoms with Gasteiger partial charge in [-0.3, -0.25) is 9.71 Å². The van der Waals surface area contributed by atoms with Gasteiger partial charge in [-0.15, -0.1) is 0 Å². The van der Waals surface area contributed by atoms with Gasteiger partial charge in [0.15, 0.2) is 0 Å². The molecule has 0 spiro atoms. The first-order valence-corrected chi connectivity index (χ1v) is 8.18. The number of pyridine rings is 1. The van der Waals surface area contributed by atoms with E-state index < -0.39 is 10.0 Å². The van der Waals surface area contributed by atoms with Crippen molar-refractivity contribution >= 4 is 32.3 Å². The Morgan fingerprint density at radius 2 is 1.86 bits per heavy atom. The Bertz CT molecular complexity index is 953. The molecule has 1 heterocycles. The van der Waals surface area contributed by atoms with Crippen LogP contribution in [0.5, 0.6) is 0 Å². The fourth-order valence-corrected chi connectivity index (χ4v) is 3.48. The highest BCUT2D eigenvalue weighted by Crippen LogP contribution is 2.26. The third-order valence-electron chi connectivity index (χ3n) is 3.30. The number of rotatable bonds is 3. The average molecular weight is 313 g/mol. The fourth-order valence-electron chi connectivity index (χ4n) is 2.28. The van der Waals surface area contributed by atoms with Crippen LogP contribution in [0.15, 0.2) is 59.6 Å². The van der Waals surface area contributed by atoms with Crippen molar-refractivity contribution in [3.63, 3.8) is 0 Å². The number of para-hydroxylation sites is 2. The van der Waals surface area contributed by atoms with Crippen molar-refractivity contribution < 1.29 is 8.42 Å². The van der Waals surface area contributed by atoms with E-state index in [2.05, 4.69) is 9.71 Å². The van der Waals surface area contributed by atoms with Gasteiger partial charge >= 0.3 is 0 Å². The monoisotopic (exact) mass is 313 g/mol. The summed E-state index contributed by atoms with van der Waals surface area (Å²) in [5.74, 6) is 0. The van der Waals surface area contributed by atoms with E-state index in [0.717, 1.165) is 10.9 Å². The summed E-state index contributed by atoms with van der Waals surface area (Å²) < 4.78 is 27.6. The van der Waals surface area contributed by atoms with Gasteiger partial charge in [0.2, 0.25) is 0 Å². The Labute approximate surface area is 128 Å². The van der Waals surface area contributed by atoms with Crippen LogP contribution in [0.4, 0.5) is 11.4 Å². The van der Waals surface area contributed by atoms with Gasteiger partial charge in [-0.25, -0.2) is 8.42 Å². The summed E-state index contributed by atoms with van der Waals surface area (Å²) >= 11 is 0. The number of nitrogens with zero attached hydrogens (tertiary/aromatic N) is 1. The van der Waals surface area contributed by atoms with Crippen molar-refractivity contribution in [2.75, 3.05) is 10.5 Å². The Morgan fingerprint density at radius 3 is 2.64 bits per heavy atom. The summed E-state index contributed by atoms with van der Waals surface area (Å²) in [4.78, 5) is 4.38. The molecule has 0 fully saturated rings. The number of fused-ring (bicyclic) bond motifs is 1. The molecule has 6 heteroatoms. The third kappa shape index (κ3) is 2.60. The molecule has 0 bridgehead atoms. The maximum absolute atomic E-state index is 12.5. The molecule has 0 unspecified atom stereocenters. The second kappa shape index (κ2) is 5.31. The molecule has 2 aromatic carbocycles. The van der Waals surface area contributed by atoms with Gasteiger partial charge in [0.05, 0.1) is 16.9 Å². The molecule has 0 saturated heterocycles. The molecule has 0 atom stereocenters. The number of aromatic nitrogens is 1. The van der Waals surface area contributed by atoms with Crippen LogP contribution in [0, 0.1) is 6.92 Å². The summed E-state index contributed by atoms with van der Waals surface area (Å²) in [6, 6.07) is 13.7. The second-order valence-corrected chi connectivity index (χ2v) is 6.68. The summed E-state index contributed by atoms with van der Waals surface area (Å²) in [7, 11) is -3.76. The number of hydrogen-bond acceptors (Lipinski definition) is 4. The van der Waals surface area contributed by atoms with Gasteiger partial charge in [0.1, 0.15) is 4.90 Å². The van der Waals surface area contributed by atoms with Crippen molar-refractivity contribution in [1.82, 2.24) is 4.98 Å². The molecule has 0 aliphatic carbocycles. The molecule has 1 aromatic heterocycles. The zero-order valence-electron chi connectivity index (χ0n) is 11.9. The van der Waals surface area contributed by atoms with Gasteiger partial charge in [-0.2, -0.15) is 0 Å². The van der Waals surface area contributed by atoms with E-state index in [1.807, 2.05) is 19.1 Å². The summed E-state index contributed by atoms with van der Waals surface area (Å²) in [5, 5.41) is 0.876. The van der Waals surface area contributed by atoms with Crippen LogP contribution >= 0.6 is 0 Å². The third-order valence-corrected chi connectivity index (χ3v) is 4.74. The van der Waals surface area contributed by atoms with E-state index in [1.54, 1.807) is 36.5 Å². The molecule has 0 amide bonds. The van der Waals surface area contributed by atoms with E-state index in [9.17, 15) is 8.42 Å². The van der Waals surface area contributed by atoms with Crippen LogP contribution in [0.1, 0.15) is 5.56 Å². The molecule has 3 N–H and O–H groups in total. The Kier molecular flexibility index (Phi) is 3.46. The van der Waals surface area contributed by atoms with E-state index in [1.165, 1.54) is 6.07 Å². The van der Waals surface area contributed by atoms with E-state index in [0.29, 0.717) is 11.2 Å². The zero-order valence-corrected chi connectivity index (χ0v) is 12.8. The number of sulfonamides is 1. The normalized spacial score (nSPS) is 11.5. The summed E-state index contributed by atoms with van der Waals surface area (Å²) in [6.45, 7) is 1.94. The van der Waals surface area contributed by atoms with Crippen molar-refractivity contribution in [3.8, 4) is 0 Å². The molecular formula is C16H15N3O2S. The number of anilines is 2. The predicted molar refractivity (Wildman–Crippen MR) is 88.1 cm³/mol. The van der Waals surface area contributed by atoms with Crippen LogP contribution in [0.3, 0.4) is 0 Å². The van der Waals surface area contributed by atoms with E-state index >= 15 is 0 Å². The molecule has 22 heavy (non-hydrogen) atoms. The first-order chi connectivity index (χ1) is 10.5. The zero-order chi connectivity index (χ0) is 15.7. The molecule has 3 aromatic rings. The van der Waals surface area contributed by atoms with Gasteiger partial charge in [-0.05, 0) is 36.8 Å². The maximum Gasteiger partial charge on any atom is 0.264 e. The van der Waals surface area contributed by atoms with Crippen molar-refractivity contribution in [2.45, 2.75) is 11.8 Å². The van der Waals surface area contributed by atoms with Gasteiger partial charge in [0, 0.05) is 11.6 Å². The lowest BCUT2D eigenvalue weighted by Crippen LogP contribution is -2.15. The lowest BCUT2D eigenvalue weighted by atomic mass is 10.1. The lowest BCUT2D eigenvalue weighted by Gasteiger charge is -2.11. The predicted octanol–water partition coefficient (Wildman–Crippen LogP) is 2.93. The first-order valence-electron chi connectivity index (χ1n) is 6.70. The Hall–Kier alpha value is -2.60. The molecule has 0 radical (unpaired) electrons. The minimum Gasteiger partial charge on any atom is -0.398 e. The molecule has 5 nitrogen and oxygen atoms in total. The van der Waals surface area contributed by atoms with Gasteiger partial charge in [-0.1, -0.05) is 24.3 Å². The first kappa shape index (κ1) is 14.3. The Balaban J connectivity index is 2.09. The number of hydrogen-bond donors (Lipinski definition) is 2. The number of aryl methyl sites for hydroxylation is 1. The van der Waals surface area contributed by atoms with E-state index in [-0.39, 0.29) is 10.6 Å². The molecule has 0 aliphatic rings. The van der Waals surface area contributed by atoms with Crippen LogP contribution in [0.25, 0.3) is 10.9 Å². The average Bonchev–Trinajstić information content (AvgIpc) is 2.47. The van der Waals surface area contributed by atoms with Crippen molar-refractivity contribution in [1.29, 1.82) is 0 Å². The number of benzene rings is 2. The molecular weight excluding hydrogens is 298 g/mol. The van der Waals surface area contributed by atoms with Gasteiger partial charge < -0.3 is 5.73 Å². The number of nitrogens with two attached hydrogens (primary N) is 1. The SMILES string of the molecule is Cc1cnc2c(NS(=O)(=O)c3ccccc3N)cccc2c1. The highest BCUT2D eigenvalue weighted by Gasteiger charge is 2.18. The van der Waals surface area contributed by atoms with Crippen LogP contribution in [0.2, 0.25) is 0 Å². The lowest BCUT2D eigenvalue weighted by molar-refractivity contribution is 0.601. The van der Waals surface area contributed by atoms with E-state index in [4.69, 9.17) is 5.73 Å². The molecule has 3 rings (SSSR count). The van der Waals surface area contributed by atoms with Crippen LogP contribution in [-0.2, 0) is 10.0 Å². The maximum atomic E-state index is 12.5. The summed E-state index contributed by atoms with van der Waals surface area (Å²) in [6.07, 6.45) is 1.71. The molecule has 0 saturated carbocycles. The quantitative estimate of drug-likeness (QED) is 0.728. The Morgan fingerprint density at radius 1 is 1.09 bits per heavy atom. The number of nitrogens with one attached hydrogen (secondary N) is 1. The topological polar surface area (TPSA) is 85.1 Å². The molecule has 0 aliphatic heterocycles. The standard InChI is InChI=1S/C16H15N3O2S/c1-11-9-12-5-4-7-14(16(12)18-10-11)19-22(20,21)15-8-3-2-6-13(15)17/h2-10,19H,17H2,1H3. The molecule has 112 valence electrons. The van der Waals surface area contributed by atoms with Crippen molar-refractivity contribution in [2.24, 2.45) is 0 Å². The second-order valence-electron chi connectivity index (χ2n) is 5.03. The highest BCUT2D eigenvalue weighted by molar-refractivity contribution is 7.93. The minimum atomic E-state index is -3.76. The van der Waals surface area contributed by atoms with Crippen LogP contribution in [-0.4, -0.2) is 13.4 Å². The van der Waals surface area contributed by atoms with Crippen LogP contribution < -0.4 is 10.5 Å². The van der Waals surface area contributed by atoms with Crippen molar-refractivity contribution in [3.05, 3.63) is 60.3 Å². The highest BCUT2D eigenvalue weighted by atomic mass is 32.2. The smallest absolute Gasteiger partial charge is 0.264 e. The minimum absolute atomic E-state index is 0.0547. The largest absolute Gasteiger partial charge is 0.398 e. The fraction of sp³-hybridized carbons (Fsp3) is 0.0625. The van der Waals surface area contributed by atoms with Gasteiger partial charge in [0.25, 0.3) is 10.0 Å². The number of nitrogen functional groups attached to an aromatic ring is 1. The summed E-state index contributed by atoms with van der Waals surface area (Å²) in [5.41, 5.74) is 8.01.